The lowest BCUT2D eigenvalue weighted by Crippen LogP contribution is -2.39. The molecule has 0 spiro atoms. The Morgan fingerprint density at radius 2 is 1.91 bits per heavy atom. The number of ether oxygens (including phenoxy) is 1. The molecule has 10 heteroatoms. The molecular formula is C22H19ClF2N6O. The van der Waals surface area contributed by atoms with Crippen molar-refractivity contribution in [3.63, 3.8) is 0 Å². The normalized spacial score (nSPS) is 14.8. The maximum absolute atomic E-state index is 14.0. The molecule has 1 aliphatic rings. The lowest BCUT2D eigenvalue weighted by atomic mass is 10.1. The number of hydrogen-bond donors (Lipinski definition) is 0. The van der Waals surface area contributed by atoms with E-state index in [9.17, 15) is 8.78 Å². The average molecular weight is 457 g/mol. The van der Waals surface area contributed by atoms with Gasteiger partial charge in [-0.05, 0) is 12.1 Å². The smallest absolute Gasteiger partial charge is 0.167 e. The molecule has 0 radical (unpaired) electrons. The van der Waals surface area contributed by atoms with E-state index in [2.05, 4.69) is 15.0 Å². The monoisotopic (exact) mass is 456 g/mol. The molecule has 32 heavy (non-hydrogen) atoms. The van der Waals surface area contributed by atoms with Gasteiger partial charge in [0.15, 0.2) is 17.4 Å². The molecule has 3 aromatic heterocycles. The highest BCUT2D eigenvalue weighted by Crippen LogP contribution is 2.33. The third-order valence-electron chi connectivity index (χ3n) is 5.42. The molecule has 5 rings (SSSR count). The molecule has 0 unspecified atom stereocenters. The van der Waals surface area contributed by atoms with Crippen LogP contribution in [-0.2, 0) is 7.05 Å². The molecule has 7 nitrogen and oxygen atoms in total. The third kappa shape index (κ3) is 3.95. The van der Waals surface area contributed by atoms with E-state index >= 15 is 0 Å². The molecule has 1 saturated heterocycles. The highest BCUT2D eigenvalue weighted by Gasteiger charge is 2.26. The van der Waals surface area contributed by atoms with Crippen molar-refractivity contribution in [1.82, 2.24) is 24.7 Å². The minimum Gasteiger partial charge on any atom is -0.487 e. The highest BCUT2D eigenvalue weighted by atomic mass is 35.5. The van der Waals surface area contributed by atoms with Crippen LogP contribution in [0.25, 0.3) is 22.3 Å². The number of aromatic nitrogens is 5. The number of halogens is 3. The van der Waals surface area contributed by atoms with E-state index in [4.69, 9.17) is 26.3 Å². The van der Waals surface area contributed by atoms with Gasteiger partial charge in [0.25, 0.3) is 0 Å². The number of anilines is 1. The maximum Gasteiger partial charge on any atom is 0.167 e. The summed E-state index contributed by atoms with van der Waals surface area (Å²) >= 11 is 6.33. The molecule has 1 fully saturated rings. The van der Waals surface area contributed by atoms with Crippen molar-refractivity contribution in [2.24, 2.45) is 7.05 Å². The van der Waals surface area contributed by atoms with Gasteiger partial charge in [0.1, 0.15) is 28.6 Å². The summed E-state index contributed by atoms with van der Waals surface area (Å²) in [7, 11) is 1.84. The Kier molecular flexibility index (Phi) is 5.34. The molecule has 0 aliphatic carbocycles. The van der Waals surface area contributed by atoms with Crippen LogP contribution in [0.15, 0.2) is 43.0 Å². The van der Waals surface area contributed by atoms with Gasteiger partial charge in [0.05, 0.1) is 17.4 Å². The fraction of sp³-hybridized carbons (Fsp3) is 0.273. The minimum atomic E-state index is -0.699. The number of nitrogens with zero attached hydrogens (tertiary/aromatic N) is 6. The molecule has 4 heterocycles. The molecule has 0 saturated carbocycles. The maximum atomic E-state index is 14.0. The second kappa shape index (κ2) is 8.31. The summed E-state index contributed by atoms with van der Waals surface area (Å²) in [5, 5.41) is 4.69. The van der Waals surface area contributed by atoms with Gasteiger partial charge < -0.3 is 9.64 Å². The second-order valence-corrected chi connectivity index (χ2v) is 8.07. The van der Waals surface area contributed by atoms with Crippen molar-refractivity contribution >= 4 is 28.5 Å². The third-order valence-corrected chi connectivity index (χ3v) is 5.70. The van der Waals surface area contributed by atoms with Gasteiger partial charge >= 0.3 is 0 Å². The fourth-order valence-electron chi connectivity index (χ4n) is 3.83. The molecular weight excluding hydrogens is 438 g/mol. The summed E-state index contributed by atoms with van der Waals surface area (Å²) in [6.07, 6.45) is 7.91. The molecule has 4 aromatic rings. The van der Waals surface area contributed by atoms with E-state index in [1.54, 1.807) is 23.3 Å². The minimum absolute atomic E-state index is 0.0608. The van der Waals surface area contributed by atoms with Crippen molar-refractivity contribution in [3.8, 4) is 17.0 Å². The van der Waals surface area contributed by atoms with E-state index in [0.29, 0.717) is 53.5 Å². The van der Waals surface area contributed by atoms with Gasteiger partial charge in [-0.15, -0.1) is 0 Å². The Morgan fingerprint density at radius 3 is 2.62 bits per heavy atom. The summed E-state index contributed by atoms with van der Waals surface area (Å²) in [4.78, 5) is 15.8. The Hall–Kier alpha value is -3.33. The predicted octanol–water partition coefficient (Wildman–Crippen LogP) is 4.40. The zero-order valence-electron chi connectivity index (χ0n) is 17.2. The largest absolute Gasteiger partial charge is 0.487 e. The summed E-state index contributed by atoms with van der Waals surface area (Å²) in [6.45, 7) is 1.26. The predicted molar refractivity (Wildman–Crippen MR) is 117 cm³/mol. The Balaban J connectivity index is 1.42. The second-order valence-electron chi connectivity index (χ2n) is 7.67. The standard InChI is InChI=1S/C22H19ClF2N6O/c1-30-12-13(9-27-30)20-22(29-21-16(23)10-26-11-18(21)28-20)31-6-4-15(5-7-31)32-19-3-2-14(24)8-17(19)25/h2-3,8-12,15H,4-7H2,1H3. The molecule has 1 aliphatic heterocycles. The first-order valence-electron chi connectivity index (χ1n) is 10.1. The first-order valence-corrected chi connectivity index (χ1v) is 10.5. The van der Waals surface area contributed by atoms with E-state index < -0.39 is 11.6 Å². The van der Waals surface area contributed by atoms with Crippen LogP contribution in [0.4, 0.5) is 14.6 Å². The molecule has 0 amide bonds. The quantitative estimate of drug-likeness (QED) is 0.453. The molecule has 1 aromatic carbocycles. The fourth-order valence-corrected chi connectivity index (χ4v) is 4.03. The number of piperidine rings is 1. The van der Waals surface area contributed by atoms with Crippen molar-refractivity contribution in [2.45, 2.75) is 18.9 Å². The van der Waals surface area contributed by atoms with E-state index in [1.807, 2.05) is 13.2 Å². The van der Waals surface area contributed by atoms with Gasteiger partial charge in [0, 0.05) is 57.0 Å². The Labute approximate surface area is 187 Å². The van der Waals surface area contributed by atoms with Crippen LogP contribution in [0, 0.1) is 11.6 Å². The first-order chi connectivity index (χ1) is 15.5. The first kappa shape index (κ1) is 20.6. The van der Waals surface area contributed by atoms with E-state index in [1.165, 1.54) is 12.1 Å². The topological polar surface area (TPSA) is 69.0 Å². The zero-order chi connectivity index (χ0) is 22.2. The molecule has 0 atom stereocenters. The van der Waals surface area contributed by atoms with Crippen molar-refractivity contribution in [2.75, 3.05) is 18.0 Å². The van der Waals surface area contributed by atoms with Crippen LogP contribution in [0.1, 0.15) is 12.8 Å². The summed E-state index contributed by atoms with van der Waals surface area (Å²) in [6, 6.07) is 3.34. The number of aryl methyl sites for hydroxylation is 1. The number of hydrogen-bond acceptors (Lipinski definition) is 6. The lowest BCUT2D eigenvalue weighted by Gasteiger charge is -2.33. The number of benzene rings is 1. The van der Waals surface area contributed by atoms with E-state index in [0.717, 1.165) is 11.6 Å². The van der Waals surface area contributed by atoms with Crippen LogP contribution >= 0.6 is 11.6 Å². The molecule has 0 N–H and O–H groups in total. The van der Waals surface area contributed by atoms with Crippen molar-refractivity contribution < 1.29 is 13.5 Å². The van der Waals surface area contributed by atoms with Gasteiger partial charge in [0.2, 0.25) is 0 Å². The molecule has 164 valence electrons. The number of fused-ring (bicyclic) bond motifs is 1. The van der Waals surface area contributed by atoms with Gasteiger partial charge in [-0.1, -0.05) is 11.6 Å². The average Bonchev–Trinajstić information content (AvgIpc) is 3.22. The van der Waals surface area contributed by atoms with Crippen molar-refractivity contribution in [1.29, 1.82) is 0 Å². The number of rotatable bonds is 4. The summed E-state index contributed by atoms with van der Waals surface area (Å²) < 4.78 is 34.6. The van der Waals surface area contributed by atoms with Crippen LogP contribution in [0.3, 0.4) is 0 Å². The van der Waals surface area contributed by atoms with Crippen LogP contribution < -0.4 is 9.64 Å². The summed E-state index contributed by atoms with van der Waals surface area (Å²) in [5.41, 5.74) is 2.71. The number of pyridine rings is 1. The highest BCUT2D eigenvalue weighted by molar-refractivity contribution is 6.34. The lowest BCUT2D eigenvalue weighted by molar-refractivity contribution is 0.163. The Bertz CT molecular complexity index is 1290. The zero-order valence-corrected chi connectivity index (χ0v) is 17.9. The molecule has 0 bridgehead atoms. The van der Waals surface area contributed by atoms with Crippen LogP contribution in [0.5, 0.6) is 5.75 Å². The van der Waals surface area contributed by atoms with Gasteiger partial charge in [-0.25, -0.2) is 18.7 Å². The van der Waals surface area contributed by atoms with E-state index in [-0.39, 0.29) is 11.9 Å². The SMILES string of the molecule is Cn1cc(-c2nc3cncc(Cl)c3nc2N2CCC(Oc3ccc(F)cc3F)CC2)cn1. The van der Waals surface area contributed by atoms with Crippen LogP contribution in [0.2, 0.25) is 5.02 Å². The van der Waals surface area contributed by atoms with Crippen molar-refractivity contribution in [3.05, 3.63) is 59.6 Å². The van der Waals surface area contributed by atoms with Gasteiger partial charge in [-0.3, -0.25) is 9.67 Å². The Morgan fingerprint density at radius 1 is 1.09 bits per heavy atom. The van der Waals surface area contributed by atoms with Gasteiger partial charge in [-0.2, -0.15) is 5.10 Å². The summed E-state index contributed by atoms with van der Waals surface area (Å²) in [5.74, 6) is -0.568. The van der Waals surface area contributed by atoms with Crippen LogP contribution in [-0.4, -0.2) is 43.9 Å².